The second kappa shape index (κ2) is 6.70. The van der Waals surface area contributed by atoms with Crippen LogP contribution in [0.4, 0.5) is 16.2 Å². The fourth-order valence-corrected chi connectivity index (χ4v) is 1.94. The molecule has 0 aliphatic rings. The third-order valence-corrected chi connectivity index (χ3v) is 3.22. The maximum absolute atomic E-state index is 12.1. The molecule has 0 bridgehead atoms. The quantitative estimate of drug-likeness (QED) is 0.677. The number of nitrogens with zero attached hydrogens (tertiary/aromatic N) is 4. The summed E-state index contributed by atoms with van der Waals surface area (Å²) in [4.78, 5) is 23.9. The second-order valence-corrected chi connectivity index (χ2v) is 4.88. The van der Waals surface area contributed by atoms with E-state index in [1.54, 1.807) is 30.9 Å². The van der Waals surface area contributed by atoms with E-state index in [2.05, 4.69) is 10.4 Å². The van der Waals surface area contributed by atoms with Crippen molar-refractivity contribution in [3.8, 4) is 0 Å². The number of nitro groups is 1. The van der Waals surface area contributed by atoms with Gasteiger partial charge in [0.05, 0.1) is 11.5 Å². The minimum Gasteiger partial charge on any atom is -0.326 e. The van der Waals surface area contributed by atoms with Crippen molar-refractivity contribution in [1.82, 2.24) is 14.7 Å². The number of hydrogen-bond donors (Lipinski definition) is 1. The molecule has 1 N–H and O–H groups in total. The van der Waals surface area contributed by atoms with Crippen LogP contribution in [0.5, 0.6) is 0 Å². The van der Waals surface area contributed by atoms with E-state index >= 15 is 0 Å². The first-order valence-electron chi connectivity index (χ1n) is 6.72. The number of urea groups is 1. The smallest absolute Gasteiger partial charge is 0.321 e. The lowest BCUT2D eigenvalue weighted by Gasteiger charge is -2.18. The molecule has 8 heteroatoms. The molecular weight excluding hydrogens is 286 g/mol. The van der Waals surface area contributed by atoms with Crippen molar-refractivity contribution in [3.05, 3.63) is 52.3 Å². The number of amides is 2. The van der Waals surface area contributed by atoms with E-state index in [0.29, 0.717) is 24.3 Å². The highest BCUT2D eigenvalue weighted by atomic mass is 16.6. The Hall–Kier alpha value is -2.90. The summed E-state index contributed by atoms with van der Waals surface area (Å²) in [7, 11) is 1.68. The molecule has 0 radical (unpaired) electrons. The molecule has 1 aromatic heterocycles. The lowest BCUT2D eigenvalue weighted by molar-refractivity contribution is -0.385. The van der Waals surface area contributed by atoms with Gasteiger partial charge in [-0.2, -0.15) is 5.10 Å². The lowest BCUT2D eigenvalue weighted by Crippen LogP contribution is -2.34. The summed E-state index contributed by atoms with van der Waals surface area (Å²) in [6.07, 6.45) is 3.51. The summed E-state index contributed by atoms with van der Waals surface area (Å²) in [6, 6.07) is 6.02. The predicted molar refractivity (Wildman–Crippen MR) is 81.7 cm³/mol. The maximum Gasteiger partial charge on any atom is 0.321 e. The molecule has 0 saturated heterocycles. The predicted octanol–water partition coefficient (Wildman–Crippen LogP) is 2.26. The van der Waals surface area contributed by atoms with Gasteiger partial charge < -0.3 is 10.2 Å². The van der Waals surface area contributed by atoms with E-state index in [9.17, 15) is 14.9 Å². The maximum atomic E-state index is 12.1. The Morgan fingerprint density at radius 1 is 1.50 bits per heavy atom. The molecule has 0 saturated carbocycles. The van der Waals surface area contributed by atoms with Gasteiger partial charge in [0.1, 0.15) is 0 Å². The Morgan fingerprint density at radius 3 is 2.86 bits per heavy atom. The zero-order valence-corrected chi connectivity index (χ0v) is 12.4. The summed E-state index contributed by atoms with van der Waals surface area (Å²) in [6.45, 7) is 2.73. The highest BCUT2D eigenvalue weighted by Crippen LogP contribution is 2.21. The summed E-state index contributed by atoms with van der Waals surface area (Å²) in [5, 5.41) is 17.5. The Bertz CT molecular complexity index is 669. The fraction of sp³-hybridized carbons (Fsp3) is 0.286. The third-order valence-electron chi connectivity index (χ3n) is 3.22. The highest BCUT2D eigenvalue weighted by Gasteiger charge is 2.13. The zero-order valence-electron chi connectivity index (χ0n) is 12.4. The van der Waals surface area contributed by atoms with Crippen LogP contribution >= 0.6 is 0 Å². The molecule has 2 aromatic rings. The van der Waals surface area contributed by atoms with Crippen molar-refractivity contribution >= 4 is 17.4 Å². The summed E-state index contributed by atoms with van der Waals surface area (Å²) in [5.74, 6) is 0. The minimum absolute atomic E-state index is 0.0324. The van der Waals surface area contributed by atoms with Crippen LogP contribution in [0.15, 0.2) is 36.7 Å². The van der Waals surface area contributed by atoms with Gasteiger partial charge in [0.15, 0.2) is 0 Å². The summed E-state index contributed by atoms with van der Waals surface area (Å²) < 4.78 is 1.74. The first-order chi connectivity index (χ1) is 10.5. The molecule has 2 rings (SSSR count). The van der Waals surface area contributed by atoms with Crippen LogP contribution in [-0.4, -0.2) is 39.2 Å². The Kier molecular flexibility index (Phi) is 4.72. The van der Waals surface area contributed by atoms with Crippen LogP contribution in [0.1, 0.15) is 5.56 Å². The number of aryl methyl sites for hydroxylation is 1. The molecule has 1 heterocycles. The molecule has 1 aromatic carbocycles. The number of nitro benzene ring substituents is 1. The molecule has 0 aliphatic heterocycles. The molecule has 22 heavy (non-hydrogen) atoms. The summed E-state index contributed by atoms with van der Waals surface area (Å²) in [5.41, 5.74) is 1.06. The van der Waals surface area contributed by atoms with Gasteiger partial charge in [-0.05, 0) is 25.1 Å². The van der Waals surface area contributed by atoms with Crippen LogP contribution in [-0.2, 0) is 6.54 Å². The van der Waals surface area contributed by atoms with E-state index in [4.69, 9.17) is 0 Å². The Balaban J connectivity index is 1.93. The van der Waals surface area contributed by atoms with Crippen molar-refractivity contribution in [3.63, 3.8) is 0 Å². The summed E-state index contributed by atoms with van der Waals surface area (Å²) >= 11 is 0. The van der Waals surface area contributed by atoms with Crippen molar-refractivity contribution in [2.75, 3.05) is 18.9 Å². The van der Waals surface area contributed by atoms with Crippen molar-refractivity contribution in [1.29, 1.82) is 0 Å². The van der Waals surface area contributed by atoms with Crippen molar-refractivity contribution < 1.29 is 9.72 Å². The van der Waals surface area contributed by atoms with Crippen LogP contribution < -0.4 is 5.32 Å². The van der Waals surface area contributed by atoms with E-state index in [1.165, 1.54) is 17.0 Å². The number of aromatic nitrogens is 2. The van der Waals surface area contributed by atoms with E-state index in [0.717, 1.165) is 0 Å². The molecule has 116 valence electrons. The largest absolute Gasteiger partial charge is 0.326 e. The van der Waals surface area contributed by atoms with Gasteiger partial charge in [0.25, 0.3) is 5.69 Å². The highest BCUT2D eigenvalue weighted by molar-refractivity contribution is 5.89. The van der Waals surface area contributed by atoms with Gasteiger partial charge in [-0.15, -0.1) is 0 Å². The Labute approximate surface area is 127 Å². The van der Waals surface area contributed by atoms with Gasteiger partial charge in [0.2, 0.25) is 0 Å². The average Bonchev–Trinajstić information content (AvgIpc) is 2.97. The molecule has 2 amide bonds. The molecule has 8 nitrogen and oxygen atoms in total. The number of carbonyl (C=O) groups is 1. The van der Waals surface area contributed by atoms with Gasteiger partial charge >= 0.3 is 6.03 Å². The average molecular weight is 303 g/mol. The van der Waals surface area contributed by atoms with Gasteiger partial charge in [-0.25, -0.2) is 4.79 Å². The lowest BCUT2D eigenvalue weighted by atomic mass is 10.2. The molecule has 0 aliphatic carbocycles. The number of nitrogens with one attached hydrogen (secondary N) is 1. The van der Waals surface area contributed by atoms with Gasteiger partial charge in [-0.1, -0.05) is 0 Å². The number of anilines is 1. The van der Waals surface area contributed by atoms with E-state index in [1.807, 2.05) is 12.3 Å². The molecular formula is C14H17N5O3. The zero-order chi connectivity index (χ0) is 16.1. The van der Waals surface area contributed by atoms with Crippen LogP contribution in [0.2, 0.25) is 0 Å². The number of likely N-dealkylation sites (N-methyl/N-ethyl adjacent to an activating group) is 1. The van der Waals surface area contributed by atoms with E-state index < -0.39 is 4.92 Å². The normalized spacial score (nSPS) is 10.3. The molecule has 0 atom stereocenters. The van der Waals surface area contributed by atoms with Crippen molar-refractivity contribution in [2.24, 2.45) is 0 Å². The number of rotatable bonds is 5. The molecule has 0 unspecified atom stereocenters. The fourth-order valence-electron chi connectivity index (χ4n) is 1.94. The van der Waals surface area contributed by atoms with Crippen LogP contribution in [0.25, 0.3) is 0 Å². The van der Waals surface area contributed by atoms with Crippen LogP contribution in [0, 0.1) is 17.0 Å². The minimum atomic E-state index is -0.447. The SMILES string of the molecule is Cc1cc(NC(=O)N(C)CCn2cccn2)ccc1[N+](=O)[O-]. The standard InChI is InChI=1S/C14H17N5O3/c1-11-10-12(4-5-13(11)19(21)22)16-14(20)17(2)8-9-18-7-3-6-15-18/h3-7,10H,8-9H2,1-2H3,(H,16,20). The number of carbonyl (C=O) groups excluding carboxylic acids is 1. The third kappa shape index (κ3) is 3.81. The molecule has 0 fully saturated rings. The van der Waals surface area contributed by atoms with Crippen LogP contribution in [0.3, 0.4) is 0 Å². The van der Waals surface area contributed by atoms with Gasteiger partial charge in [0, 0.05) is 43.3 Å². The van der Waals surface area contributed by atoms with Crippen molar-refractivity contribution in [2.45, 2.75) is 13.5 Å². The van der Waals surface area contributed by atoms with Gasteiger partial charge in [-0.3, -0.25) is 14.8 Å². The topological polar surface area (TPSA) is 93.3 Å². The number of hydrogen-bond acceptors (Lipinski definition) is 4. The number of benzene rings is 1. The first-order valence-corrected chi connectivity index (χ1v) is 6.72. The Morgan fingerprint density at radius 2 is 2.27 bits per heavy atom. The monoisotopic (exact) mass is 303 g/mol. The van der Waals surface area contributed by atoms with E-state index in [-0.39, 0.29) is 11.7 Å². The first kappa shape index (κ1) is 15.5. The molecule has 0 spiro atoms. The second-order valence-electron chi connectivity index (χ2n) is 4.88.